The molecule has 0 aliphatic carbocycles. The second-order valence-electron chi connectivity index (χ2n) is 7.80. The topological polar surface area (TPSA) is 75.7 Å². The molecule has 0 aromatic heterocycles. The molecule has 0 bridgehead atoms. The highest BCUT2D eigenvalue weighted by Crippen LogP contribution is 2.31. The summed E-state index contributed by atoms with van der Waals surface area (Å²) in [6.45, 7) is 0.0164. The van der Waals surface area contributed by atoms with Crippen LogP contribution in [0.3, 0.4) is 0 Å². The van der Waals surface area contributed by atoms with Crippen LogP contribution in [0, 0.1) is 0 Å². The molecule has 4 aromatic carbocycles. The lowest BCUT2D eigenvalue weighted by atomic mass is 10.1. The molecule has 0 unspecified atom stereocenters. The van der Waals surface area contributed by atoms with Crippen LogP contribution in [-0.2, 0) is 16.6 Å². The van der Waals surface area contributed by atoms with Crippen molar-refractivity contribution in [1.82, 2.24) is 0 Å². The number of amides is 1. The van der Waals surface area contributed by atoms with Gasteiger partial charge in [-0.15, -0.1) is 0 Å². The van der Waals surface area contributed by atoms with Crippen LogP contribution in [0.4, 0.5) is 11.4 Å². The minimum absolute atomic E-state index is 0.0164. The van der Waals surface area contributed by atoms with Gasteiger partial charge in [-0.3, -0.25) is 9.10 Å². The first kappa shape index (κ1) is 25.6. The van der Waals surface area contributed by atoms with Crippen molar-refractivity contribution in [2.24, 2.45) is 0 Å². The molecule has 1 amide bonds. The fourth-order valence-electron chi connectivity index (χ4n) is 3.63. The van der Waals surface area contributed by atoms with Gasteiger partial charge in [0.15, 0.2) is 0 Å². The molecule has 0 saturated carbocycles. The quantitative estimate of drug-likeness (QED) is 0.271. The van der Waals surface area contributed by atoms with Crippen molar-refractivity contribution in [3.05, 3.63) is 118 Å². The van der Waals surface area contributed by atoms with Crippen LogP contribution in [0.5, 0.6) is 5.75 Å². The van der Waals surface area contributed by atoms with E-state index in [9.17, 15) is 13.2 Å². The summed E-state index contributed by atoms with van der Waals surface area (Å²) in [6, 6.07) is 26.5. The normalized spacial score (nSPS) is 11.1. The number of hydrogen-bond donors (Lipinski definition) is 1. The third-order valence-corrected chi connectivity index (χ3v) is 7.56. The van der Waals surface area contributed by atoms with Gasteiger partial charge in [0.05, 0.1) is 29.8 Å². The predicted molar refractivity (Wildman–Crippen MR) is 144 cm³/mol. The van der Waals surface area contributed by atoms with Crippen LogP contribution in [0.1, 0.15) is 15.9 Å². The van der Waals surface area contributed by atoms with Gasteiger partial charge in [0.25, 0.3) is 15.9 Å². The van der Waals surface area contributed by atoms with Crippen molar-refractivity contribution in [1.29, 1.82) is 0 Å². The molecule has 36 heavy (non-hydrogen) atoms. The van der Waals surface area contributed by atoms with E-state index in [1.807, 2.05) is 30.3 Å². The SMILES string of the molecule is COc1ccc(S(=O)(=O)N(Cc2ccccc2)c2ccccc2C(=O)Nc2cc(Cl)cc(Cl)c2)cc1. The lowest BCUT2D eigenvalue weighted by molar-refractivity contribution is 0.102. The minimum atomic E-state index is -4.06. The van der Waals surface area contributed by atoms with Crippen molar-refractivity contribution in [2.75, 3.05) is 16.7 Å². The first-order chi connectivity index (χ1) is 17.3. The molecule has 0 aliphatic rings. The van der Waals surface area contributed by atoms with Gasteiger partial charge in [-0.05, 0) is 60.2 Å². The van der Waals surface area contributed by atoms with Crippen molar-refractivity contribution in [3.63, 3.8) is 0 Å². The van der Waals surface area contributed by atoms with Gasteiger partial charge in [-0.2, -0.15) is 0 Å². The molecule has 0 atom stereocenters. The van der Waals surface area contributed by atoms with E-state index in [4.69, 9.17) is 27.9 Å². The van der Waals surface area contributed by atoms with Crippen molar-refractivity contribution in [2.45, 2.75) is 11.4 Å². The zero-order chi connectivity index (χ0) is 25.7. The molecule has 0 radical (unpaired) electrons. The Labute approximate surface area is 220 Å². The van der Waals surface area contributed by atoms with Crippen molar-refractivity contribution in [3.8, 4) is 5.75 Å². The maximum Gasteiger partial charge on any atom is 0.264 e. The Morgan fingerprint density at radius 1 is 0.861 bits per heavy atom. The number of methoxy groups -OCH3 is 1. The van der Waals surface area contributed by atoms with E-state index in [0.717, 1.165) is 5.56 Å². The first-order valence-corrected chi connectivity index (χ1v) is 13.0. The highest BCUT2D eigenvalue weighted by Gasteiger charge is 2.29. The van der Waals surface area contributed by atoms with E-state index in [0.29, 0.717) is 21.5 Å². The zero-order valence-corrected chi connectivity index (χ0v) is 21.5. The number of para-hydroxylation sites is 1. The lowest BCUT2D eigenvalue weighted by Crippen LogP contribution is -2.32. The van der Waals surface area contributed by atoms with Gasteiger partial charge >= 0.3 is 0 Å². The summed E-state index contributed by atoms with van der Waals surface area (Å²) in [5, 5.41) is 3.48. The van der Waals surface area contributed by atoms with Gasteiger partial charge in [-0.1, -0.05) is 65.7 Å². The number of nitrogens with one attached hydrogen (secondary N) is 1. The number of halogens is 2. The maximum absolute atomic E-state index is 13.9. The highest BCUT2D eigenvalue weighted by molar-refractivity contribution is 7.92. The maximum atomic E-state index is 13.9. The van der Waals surface area contributed by atoms with Crippen molar-refractivity contribution < 1.29 is 17.9 Å². The summed E-state index contributed by atoms with van der Waals surface area (Å²) < 4.78 is 34.1. The van der Waals surface area contributed by atoms with E-state index in [-0.39, 0.29) is 22.7 Å². The second-order valence-corrected chi connectivity index (χ2v) is 10.5. The molecule has 184 valence electrons. The number of nitrogens with zero attached hydrogens (tertiary/aromatic N) is 1. The average molecular weight is 541 g/mol. The highest BCUT2D eigenvalue weighted by atomic mass is 35.5. The number of sulfonamides is 1. The van der Waals surface area contributed by atoms with Gasteiger partial charge in [-0.25, -0.2) is 8.42 Å². The summed E-state index contributed by atoms with van der Waals surface area (Å²) in [5.74, 6) is 0.0236. The molecule has 0 saturated heterocycles. The van der Waals surface area contributed by atoms with Crippen LogP contribution in [-0.4, -0.2) is 21.4 Å². The number of rotatable bonds is 8. The lowest BCUT2D eigenvalue weighted by Gasteiger charge is -2.26. The van der Waals surface area contributed by atoms with E-state index in [1.54, 1.807) is 54.6 Å². The number of carbonyl (C=O) groups excluding carboxylic acids is 1. The zero-order valence-electron chi connectivity index (χ0n) is 19.2. The van der Waals surface area contributed by atoms with E-state index in [2.05, 4.69) is 5.32 Å². The summed E-state index contributed by atoms with van der Waals surface area (Å²) in [7, 11) is -2.56. The summed E-state index contributed by atoms with van der Waals surface area (Å²) >= 11 is 12.1. The number of hydrogen-bond acceptors (Lipinski definition) is 4. The van der Waals surface area contributed by atoms with Crippen LogP contribution >= 0.6 is 23.2 Å². The van der Waals surface area contributed by atoms with E-state index >= 15 is 0 Å². The van der Waals surface area contributed by atoms with Gasteiger partial charge in [0.1, 0.15) is 5.75 Å². The van der Waals surface area contributed by atoms with Gasteiger partial charge < -0.3 is 10.1 Å². The Morgan fingerprint density at radius 2 is 1.47 bits per heavy atom. The molecule has 4 aromatic rings. The smallest absolute Gasteiger partial charge is 0.264 e. The molecule has 6 nitrogen and oxygen atoms in total. The molecule has 0 fully saturated rings. The van der Waals surface area contributed by atoms with Crippen molar-refractivity contribution >= 4 is 50.5 Å². The van der Waals surface area contributed by atoms with Gasteiger partial charge in [0, 0.05) is 15.7 Å². The third kappa shape index (κ3) is 5.82. The standard InChI is InChI=1S/C27H22Cl2N2O4S/c1-35-23-11-13-24(14-12-23)36(33,34)31(18-19-7-3-2-4-8-19)26-10-6-5-9-25(26)27(32)30-22-16-20(28)15-21(29)17-22/h2-17H,18H2,1H3,(H,30,32). The largest absolute Gasteiger partial charge is 0.497 e. The monoisotopic (exact) mass is 540 g/mol. The summed E-state index contributed by atoms with van der Waals surface area (Å²) in [6.07, 6.45) is 0. The Balaban J connectivity index is 1.78. The number of ether oxygens (including phenoxy) is 1. The molecule has 4 rings (SSSR count). The molecular formula is C27H22Cl2N2O4S. The Bertz CT molecular complexity index is 1460. The molecule has 0 aliphatic heterocycles. The first-order valence-electron chi connectivity index (χ1n) is 10.8. The van der Waals surface area contributed by atoms with Crippen LogP contribution in [0.2, 0.25) is 10.0 Å². The molecule has 1 N–H and O–H groups in total. The third-order valence-electron chi connectivity index (χ3n) is 5.35. The number of carbonyl (C=O) groups is 1. The van der Waals surface area contributed by atoms with E-state index in [1.165, 1.54) is 23.5 Å². The van der Waals surface area contributed by atoms with Crippen LogP contribution in [0.25, 0.3) is 0 Å². The predicted octanol–water partition coefficient (Wildman–Crippen LogP) is 6.65. The summed E-state index contributed by atoms with van der Waals surface area (Å²) in [4.78, 5) is 13.4. The minimum Gasteiger partial charge on any atom is -0.497 e. The van der Waals surface area contributed by atoms with Gasteiger partial charge in [0.2, 0.25) is 0 Å². The molecular weight excluding hydrogens is 519 g/mol. The Morgan fingerprint density at radius 3 is 2.11 bits per heavy atom. The second kappa shape index (κ2) is 11.0. The summed E-state index contributed by atoms with van der Waals surface area (Å²) in [5.41, 5.74) is 1.54. The fourth-order valence-corrected chi connectivity index (χ4v) is 5.63. The van der Waals surface area contributed by atoms with E-state index < -0.39 is 15.9 Å². The van der Waals surface area contributed by atoms with Crippen LogP contribution < -0.4 is 14.4 Å². The average Bonchev–Trinajstić information content (AvgIpc) is 2.87. The Hall–Kier alpha value is -3.52. The Kier molecular flexibility index (Phi) is 7.84. The molecule has 9 heteroatoms. The van der Waals surface area contributed by atoms with Crippen LogP contribution in [0.15, 0.2) is 102 Å². The molecule has 0 heterocycles. The number of anilines is 2. The fraction of sp³-hybridized carbons (Fsp3) is 0.0741. The number of benzene rings is 4. The molecule has 0 spiro atoms.